The van der Waals surface area contributed by atoms with E-state index in [2.05, 4.69) is 11.1 Å². The van der Waals surface area contributed by atoms with Gasteiger partial charge in [0.2, 0.25) is 0 Å². The minimum absolute atomic E-state index is 0.0795. The fourth-order valence-electron chi connectivity index (χ4n) is 4.95. The molecule has 0 radical (unpaired) electrons. The van der Waals surface area contributed by atoms with Crippen LogP contribution in [-0.2, 0) is 19.4 Å². The first-order valence-corrected chi connectivity index (χ1v) is 9.66. The number of hydrogen-bond donors (Lipinski definition) is 0. The molecule has 3 aliphatic rings. The van der Waals surface area contributed by atoms with Gasteiger partial charge in [0.05, 0.1) is 5.56 Å². The summed E-state index contributed by atoms with van der Waals surface area (Å²) < 4.78 is 1.90. The van der Waals surface area contributed by atoms with E-state index in [0.29, 0.717) is 12.5 Å². The number of fused-ring (bicyclic) bond motifs is 5. The van der Waals surface area contributed by atoms with E-state index in [-0.39, 0.29) is 17.4 Å². The number of carbonyl (C=O) groups is 1. The summed E-state index contributed by atoms with van der Waals surface area (Å²) in [6, 6.07) is 7.57. The number of amides is 1. The highest BCUT2D eigenvalue weighted by Crippen LogP contribution is 2.35. The number of pyridine rings is 2. The Labute approximate surface area is 152 Å². The van der Waals surface area contributed by atoms with Crippen LogP contribution in [0.15, 0.2) is 35.3 Å². The van der Waals surface area contributed by atoms with Gasteiger partial charge < -0.3 is 9.47 Å². The predicted molar refractivity (Wildman–Crippen MR) is 98.3 cm³/mol. The molecule has 5 rings (SSSR count). The zero-order valence-electron chi connectivity index (χ0n) is 14.9. The summed E-state index contributed by atoms with van der Waals surface area (Å²) in [6.07, 6.45) is 7.27. The predicted octanol–water partition coefficient (Wildman–Crippen LogP) is 2.38. The van der Waals surface area contributed by atoms with Gasteiger partial charge >= 0.3 is 0 Å². The van der Waals surface area contributed by atoms with Crippen molar-refractivity contribution >= 4 is 5.91 Å². The Balaban J connectivity index is 1.42. The zero-order chi connectivity index (χ0) is 17.7. The van der Waals surface area contributed by atoms with Gasteiger partial charge in [-0.25, -0.2) is 0 Å². The van der Waals surface area contributed by atoms with Crippen LogP contribution in [0.4, 0.5) is 0 Å². The summed E-state index contributed by atoms with van der Waals surface area (Å²) in [5.41, 5.74) is 4.29. The first-order chi connectivity index (χ1) is 12.7. The molecule has 1 amide bonds. The fourth-order valence-corrected chi connectivity index (χ4v) is 4.95. The monoisotopic (exact) mass is 349 g/mol. The second-order valence-corrected chi connectivity index (χ2v) is 7.95. The third kappa shape index (κ3) is 2.57. The number of likely N-dealkylation sites (tertiary alicyclic amines) is 1. The van der Waals surface area contributed by atoms with Gasteiger partial charge in [0.15, 0.2) is 0 Å². The van der Waals surface area contributed by atoms with Crippen molar-refractivity contribution in [1.29, 1.82) is 0 Å². The lowest BCUT2D eigenvalue weighted by molar-refractivity contribution is 0.0594. The molecular weight excluding hydrogens is 326 g/mol. The lowest BCUT2D eigenvalue weighted by Crippen LogP contribution is -2.49. The summed E-state index contributed by atoms with van der Waals surface area (Å²) in [7, 11) is 0. The Morgan fingerprint density at radius 2 is 2.00 bits per heavy atom. The SMILES string of the molecule is O=C(c1cnc2c(c1)CCCC2)N1C[C@@H]2C[C@H](C1)c1cccc(=O)n1C2. The van der Waals surface area contributed by atoms with Gasteiger partial charge in [0, 0.05) is 49.2 Å². The molecule has 1 saturated heterocycles. The topological polar surface area (TPSA) is 55.2 Å². The fraction of sp³-hybridized carbons (Fsp3) is 0.476. The van der Waals surface area contributed by atoms with Crippen LogP contribution in [0.1, 0.15) is 52.5 Å². The van der Waals surface area contributed by atoms with Crippen molar-refractivity contribution in [1.82, 2.24) is 14.5 Å². The molecule has 1 aliphatic carbocycles. The van der Waals surface area contributed by atoms with Crippen LogP contribution >= 0.6 is 0 Å². The van der Waals surface area contributed by atoms with Crippen molar-refractivity contribution in [2.45, 2.75) is 44.6 Å². The van der Waals surface area contributed by atoms with Crippen molar-refractivity contribution in [3.05, 3.63) is 63.3 Å². The van der Waals surface area contributed by atoms with Crippen LogP contribution < -0.4 is 5.56 Å². The Bertz CT molecular complexity index is 933. The first-order valence-electron chi connectivity index (χ1n) is 9.66. The minimum Gasteiger partial charge on any atom is -0.338 e. The molecule has 0 N–H and O–H groups in total. The van der Waals surface area contributed by atoms with E-state index >= 15 is 0 Å². The average molecular weight is 349 g/mol. The number of aromatic nitrogens is 2. The summed E-state index contributed by atoms with van der Waals surface area (Å²) >= 11 is 0. The summed E-state index contributed by atoms with van der Waals surface area (Å²) in [5.74, 6) is 0.703. The molecule has 4 heterocycles. The number of carbonyl (C=O) groups excluding carboxylic acids is 1. The third-order valence-electron chi connectivity index (χ3n) is 6.18. The lowest BCUT2D eigenvalue weighted by Gasteiger charge is -2.42. The van der Waals surface area contributed by atoms with Crippen LogP contribution in [0.2, 0.25) is 0 Å². The molecule has 0 spiro atoms. The molecule has 2 atom stereocenters. The molecule has 2 aromatic heterocycles. The minimum atomic E-state index is 0.0795. The van der Waals surface area contributed by atoms with E-state index in [1.165, 1.54) is 18.4 Å². The van der Waals surface area contributed by atoms with Crippen LogP contribution in [0, 0.1) is 5.92 Å². The van der Waals surface area contributed by atoms with Gasteiger partial charge in [-0.05, 0) is 55.7 Å². The lowest BCUT2D eigenvalue weighted by atomic mass is 9.83. The molecule has 5 heteroatoms. The standard InChI is InChI=1S/C21H23N3O2/c25-20-7-3-6-19-17-8-14(12-24(19)20)11-23(13-17)21(26)16-9-15-4-1-2-5-18(15)22-10-16/h3,6-7,9-10,14,17H,1-2,4-5,8,11-13H2/t14-,17+/m0/s1. The first kappa shape index (κ1) is 15.8. The van der Waals surface area contributed by atoms with Gasteiger partial charge in [-0.2, -0.15) is 0 Å². The van der Waals surface area contributed by atoms with Gasteiger partial charge in [-0.15, -0.1) is 0 Å². The normalized spacial score (nSPS) is 23.9. The number of aryl methyl sites for hydroxylation is 2. The van der Waals surface area contributed by atoms with Gasteiger partial charge in [-0.3, -0.25) is 14.6 Å². The molecule has 26 heavy (non-hydrogen) atoms. The zero-order valence-corrected chi connectivity index (χ0v) is 14.9. The quantitative estimate of drug-likeness (QED) is 0.794. The molecular formula is C21H23N3O2. The molecule has 134 valence electrons. The Kier molecular flexibility index (Phi) is 3.69. The van der Waals surface area contributed by atoms with Gasteiger partial charge in [0.1, 0.15) is 0 Å². The van der Waals surface area contributed by atoms with Crippen molar-refractivity contribution in [2.24, 2.45) is 5.92 Å². The van der Waals surface area contributed by atoms with Crippen molar-refractivity contribution < 1.29 is 4.79 Å². The van der Waals surface area contributed by atoms with E-state index in [1.54, 1.807) is 12.3 Å². The maximum atomic E-state index is 13.1. The summed E-state index contributed by atoms with van der Waals surface area (Å²) in [6.45, 7) is 2.14. The summed E-state index contributed by atoms with van der Waals surface area (Å²) in [4.78, 5) is 31.8. The third-order valence-corrected chi connectivity index (χ3v) is 6.18. The Morgan fingerprint density at radius 3 is 2.92 bits per heavy atom. The molecule has 2 aromatic rings. The van der Waals surface area contributed by atoms with Crippen molar-refractivity contribution in [2.75, 3.05) is 13.1 Å². The number of piperidine rings is 1. The highest BCUT2D eigenvalue weighted by molar-refractivity contribution is 5.94. The molecule has 0 unspecified atom stereocenters. The molecule has 1 fully saturated rings. The van der Waals surface area contributed by atoms with Crippen LogP contribution in [0.5, 0.6) is 0 Å². The smallest absolute Gasteiger partial charge is 0.255 e. The van der Waals surface area contributed by atoms with E-state index in [4.69, 9.17) is 0 Å². The van der Waals surface area contributed by atoms with E-state index in [9.17, 15) is 9.59 Å². The second kappa shape index (κ2) is 6.08. The Hall–Kier alpha value is -2.43. The Morgan fingerprint density at radius 1 is 1.12 bits per heavy atom. The van der Waals surface area contributed by atoms with Crippen LogP contribution in [-0.4, -0.2) is 33.4 Å². The highest BCUT2D eigenvalue weighted by atomic mass is 16.2. The molecule has 2 bridgehead atoms. The van der Waals surface area contributed by atoms with Crippen LogP contribution in [0.25, 0.3) is 0 Å². The number of hydrogen-bond acceptors (Lipinski definition) is 3. The number of rotatable bonds is 1. The second-order valence-electron chi connectivity index (χ2n) is 7.95. The molecule has 0 saturated carbocycles. The highest BCUT2D eigenvalue weighted by Gasteiger charge is 2.36. The van der Waals surface area contributed by atoms with Crippen molar-refractivity contribution in [3.8, 4) is 0 Å². The van der Waals surface area contributed by atoms with E-state index in [0.717, 1.165) is 49.3 Å². The van der Waals surface area contributed by atoms with Crippen LogP contribution in [0.3, 0.4) is 0 Å². The molecule has 0 aromatic carbocycles. The van der Waals surface area contributed by atoms with Crippen molar-refractivity contribution in [3.63, 3.8) is 0 Å². The van der Waals surface area contributed by atoms with Gasteiger partial charge in [0.25, 0.3) is 11.5 Å². The number of nitrogens with zero attached hydrogens (tertiary/aromatic N) is 3. The van der Waals surface area contributed by atoms with Gasteiger partial charge in [-0.1, -0.05) is 6.07 Å². The largest absolute Gasteiger partial charge is 0.338 e. The van der Waals surface area contributed by atoms with E-state index < -0.39 is 0 Å². The summed E-state index contributed by atoms with van der Waals surface area (Å²) in [5, 5.41) is 0. The molecule has 2 aliphatic heterocycles. The average Bonchev–Trinajstić information content (AvgIpc) is 2.68. The van der Waals surface area contributed by atoms with E-state index in [1.807, 2.05) is 21.6 Å². The maximum absolute atomic E-state index is 13.1. The maximum Gasteiger partial charge on any atom is 0.255 e. The molecule has 5 nitrogen and oxygen atoms in total.